The minimum atomic E-state index is 0.379. The van der Waals surface area contributed by atoms with Gasteiger partial charge in [-0.1, -0.05) is 18.5 Å². The normalized spacial score (nSPS) is 22.8. The Morgan fingerprint density at radius 1 is 1.40 bits per heavy atom. The third-order valence-corrected chi connectivity index (χ3v) is 4.78. The Kier molecular flexibility index (Phi) is 6.78. The summed E-state index contributed by atoms with van der Waals surface area (Å²) >= 11 is 7.62. The van der Waals surface area contributed by atoms with Crippen LogP contribution in [-0.4, -0.2) is 43.8 Å². The Morgan fingerprint density at radius 3 is 2.90 bits per heavy atom. The molecule has 0 aliphatic carbocycles. The topological polar surface area (TPSA) is 24.5 Å². The average molecular weight is 317 g/mol. The summed E-state index contributed by atoms with van der Waals surface area (Å²) < 4.78 is 6.96. The highest BCUT2D eigenvalue weighted by Gasteiger charge is 2.25. The van der Waals surface area contributed by atoms with Crippen LogP contribution >= 0.6 is 22.9 Å². The van der Waals surface area contributed by atoms with Crippen molar-refractivity contribution in [2.45, 2.75) is 44.9 Å². The zero-order valence-electron chi connectivity index (χ0n) is 12.4. The molecule has 0 radical (unpaired) electrons. The highest BCUT2D eigenvalue weighted by molar-refractivity contribution is 7.16. The molecule has 2 atom stereocenters. The standard InChI is InChI=1S/C15H25ClN2OS/c1-3-8-17-9-12-4-5-13(19-12)10-18(2)11-14-6-7-15(16)20-14/h6-7,12-13,17H,3-5,8-11H2,1-2H3. The monoisotopic (exact) mass is 316 g/mol. The summed E-state index contributed by atoms with van der Waals surface area (Å²) in [5.41, 5.74) is 0. The molecule has 0 bridgehead atoms. The van der Waals surface area contributed by atoms with Gasteiger partial charge >= 0.3 is 0 Å². The lowest BCUT2D eigenvalue weighted by Crippen LogP contribution is -2.31. The molecule has 0 aromatic carbocycles. The zero-order chi connectivity index (χ0) is 14.4. The van der Waals surface area contributed by atoms with Gasteiger partial charge in [0.05, 0.1) is 16.5 Å². The molecule has 1 aliphatic heterocycles. The van der Waals surface area contributed by atoms with Crippen LogP contribution in [0.4, 0.5) is 0 Å². The van der Waals surface area contributed by atoms with E-state index in [9.17, 15) is 0 Å². The fourth-order valence-corrected chi connectivity index (χ4v) is 3.79. The maximum Gasteiger partial charge on any atom is 0.0931 e. The SMILES string of the molecule is CCCNCC1CCC(CN(C)Cc2ccc(Cl)s2)O1. The predicted octanol–water partition coefficient (Wildman–Crippen LogP) is 3.38. The van der Waals surface area contributed by atoms with E-state index in [1.807, 2.05) is 6.07 Å². The fourth-order valence-electron chi connectivity index (χ4n) is 2.62. The van der Waals surface area contributed by atoms with E-state index in [4.69, 9.17) is 16.3 Å². The smallest absolute Gasteiger partial charge is 0.0931 e. The Balaban J connectivity index is 1.66. The highest BCUT2D eigenvalue weighted by Crippen LogP contribution is 2.24. The van der Waals surface area contributed by atoms with Gasteiger partial charge in [-0.15, -0.1) is 11.3 Å². The van der Waals surface area contributed by atoms with Crippen molar-refractivity contribution >= 4 is 22.9 Å². The Bertz CT molecular complexity index is 399. The molecular weight excluding hydrogens is 292 g/mol. The number of thiophene rings is 1. The van der Waals surface area contributed by atoms with Crippen LogP contribution < -0.4 is 5.32 Å². The van der Waals surface area contributed by atoms with Gasteiger partial charge in [-0.25, -0.2) is 0 Å². The van der Waals surface area contributed by atoms with Gasteiger partial charge in [-0.05, 0) is 45.0 Å². The first-order valence-electron chi connectivity index (χ1n) is 7.46. The average Bonchev–Trinajstić information content (AvgIpc) is 2.99. The molecule has 20 heavy (non-hydrogen) atoms. The lowest BCUT2D eigenvalue weighted by atomic mass is 10.2. The molecule has 1 saturated heterocycles. The fraction of sp³-hybridized carbons (Fsp3) is 0.733. The molecule has 1 N–H and O–H groups in total. The lowest BCUT2D eigenvalue weighted by molar-refractivity contribution is 0.0270. The minimum absolute atomic E-state index is 0.379. The van der Waals surface area contributed by atoms with Crippen LogP contribution in [0.5, 0.6) is 0 Å². The van der Waals surface area contributed by atoms with Crippen molar-refractivity contribution in [2.24, 2.45) is 0 Å². The number of halogens is 1. The second-order valence-corrected chi connectivity index (χ2v) is 7.36. The van der Waals surface area contributed by atoms with Gasteiger partial charge in [0.15, 0.2) is 0 Å². The van der Waals surface area contributed by atoms with E-state index < -0.39 is 0 Å². The molecule has 0 amide bonds. The second-order valence-electron chi connectivity index (χ2n) is 5.56. The van der Waals surface area contributed by atoms with Crippen LogP contribution in [0.2, 0.25) is 4.34 Å². The lowest BCUT2D eigenvalue weighted by Gasteiger charge is -2.21. The summed E-state index contributed by atoms with van der Waals surface area (Å²) in [5, 5.41) is 3.44. The largest absolute Gasteiger partial charge is 0.372 e. The number of hydrogen-bond acceptors (Lipinski definition) is 4. The number of nitrogens with zero attached hydrogens (tertiary/aromatic N) is 1. The maximum absolute atomic E-state index is 6.09. The zero-order valence-corrected chi connectivity index (χ0v) is 14.0. The molecule has 0 spiro atoms. The van der Waals surface area contributed by atoms with Crippen molar-refractivity contribution in [1.82, 2.24) is 10.2 Å². The molecule has 3 nitrogen and oxygen atoms in total. The Labute approximate surface area is 131 Å². The molecule has 2 rings (SSSR count). The molecule has 1 aromatic rings. The van der Waals surface area contributed by atoms with Crippen LogP contribution in [-0.2, 0) is 11.3 Å². The summed E-state index contributed by atoms with van der Waals surface area (Å²) in [4.78, 5) is 3.64. The van der Waals surface area contributed by atoms with E-state index in [0.29, 0.717) is 12.2 Å². The molecule has 0 saturated carbocycles. The number of hydrogen-bond donors (Lipinski definition) is 1. The van der Waals surface area contributed by atoms with Crippen LogP contribution in [0.3, 0.4) is 0 Å². The Morgan fingerprint density at radius 2 is 2.20 bits per heavy atom. The third-order valence-electron chi connectivity index (χ3n) is 3.56. The molecule has 1 aromatic heterocycles. The minimum Gasteiger partial charge on any atom is -0.372 e. The first-order chi connectivity index (χ1) is 9.67. The van der Waals surface area contributed by atoms with Crippen molar-refractivity contribution in [3.05, 3.63) is 21.3 Å². The summed E-state index contributed by atoms with van der Waals surface area (Å²) in [7, 11) is 2.15. The summed E-state index contributed by atoms with van der Waals surface area (Å²) in [6.07, 6.45) is 4.32. The van der Waals surface area contributed by atoms with E-state index in [-0.39, 0.29) is 0 Å². The first-order valence-corrected chi connectivity index (χ1v) is 8.65. The molecule has 1 fully saturated rings. The first kappa shape index (κ1) is 16.2. The molecule has 1 aliphatic rings. The van der Waals surface area contributed by atoms with Crippen molar-refractivity contribution in [3.63, 3.8) is 0 Å². The van der Waals surface area contributed by atoms with Gasteiger partial charge in [-0.2, -0.15) is 0 Å². The van der Waals surface area contributed by atoms with E-state index in [1.54, 1.807) is 11.3 Å². The van der Waals surface area contributed by atoms with Crippen molar-refractivity contribution in [1.29, 1.82) is 0 Å². The van der Waals surface area contributed by atoms with Gasteiger partial charge in [0.1, 0.15) is 0 Å². The Hall–Kier alpha value is -0.130. The van der Waals surface area contributed by atoms with Crippen molar-refractivity contribution < 1.29 is 4.74 Å². The summed E-state index contributed by atoms with van der Waals surface area (Å²) in [6, 6.07) is 4.08. The molecule has 2 unspecified atom stereocenters. The molecule has 2 heterocycles. The van der Waals surface area contributed by atoms with Gasteiger partial charge in [0, 0.05) is 24.5 Å². The van der Waals surface area contributed by atoms with Crippen LogP contribution in [0.25, 0.3) is 0 Å². The molecule has 5 heteroatoms. The van der Waals surface area contributed by atoms with Gasteiger partial charge in [0.25, 0.3) is 0 Å². The highest BCUT2D eigenvalue weighted by atomic mass is 35.5. The third kappa shape index (κ3) is 5.34. The van der Waals surface area contributed by atoms with Crippen molar-refractivity contribution in [3.8, 4) is 0 Å². The van der Waals surface area contributed by atoms with Crippen molar-refractivity contribution in [2.75, 3.05) is 26.7 Å². The van der Waals surface area contributed by atoms with E-state index >= 15 is 0 Å². The van der Waals surface area contributed by atoms with E-state index in [0.717, 1.165) is 30.5 Å². The van der Waals surface area contributed by atoms with Gasteiger partial charge in [0.2, 0.25) is 0 Å². The predicted molar refractivity (Wildman–Crippen MR) is 86.7 cm³/mol. The number of rotatable bonds is 8. The quantitative estimate of drug-likeness (QED) is 0.744. The van der Waals surface area contributed by atoms with Crippen LogP contribution in [0, 0.1) is 0 Å². The summed E-state index contributed by atoms with van der Waals surface area (Å²) in [5.74, 6) is 0. The summed E-state index contributed by atoms with van der Waals surface area (Å²) in [6.45, 7) is 6.23. The molecular formula is C15H25ClN2OS. The van der Waals surface area contributed by atoms with Gasteiger partial charge < -0.3 is 10.1 Å². The number of ether oxygens (including phenoxy) is 1. The van der Waals surface area contributed by atoms with Crippen LogP contribution in [0.15, 0.2) is 12.1 Å². The maximum atomic E-state index is 6.09. The number of likely N-dealkylation sites (N-methyl/N-ethyl adjacent to an activating group) is 1. The van der Waals surface area contributed by atoms with Crippen LogP contribution in [0.1, 0.15) is 31.1 Å². The van der Waals surface area contributed by atoms with Gasteiger partial charge in [-0.3, -0.25) is 4.90 Å². The van der Waals surface area contributed by atoms with E-state index in [2.05, 4.69) is 30.3 Å². The second kappa shape index (κ2) is 8.35. The molecule has 114 valence electrons. The van der Waals surface area contributed by atoms with E-state index in [1.165, 1.54) is 24.1 Å². The number of nitrogens with one attached hydrogen (secondary N) is 1.